The van der Waals surface area contributed by atoms with Crippen molar-refractivity contribution in [2.45, 2.75) is 6.42 Å². The fourth-order valence-corrected chi connectivity index (χ4v) is 6.43. The van der Waals surface area contributed by atoms with E-state index in [1.54, 1.807) is 0 Å². The van der Waals surface area contributed by atoms with Crippen molar-refractivity contribution in [3.63, 3.8) is 0 Å². The molecule has 4 heteroatoms. The molecule has 0 spiro atoms. The number of imidazole rings is 1. The number of fused-ring (bicyclic) bond motifs is 12. The van der Waals surface area contributed by atoms with Crippen LogP contribution in [0.15, 0.2) is 110 Å². The van der Waals surface area contributed by atoms with Crippen LogP contribution in [0.3, 0.4) is 0 Å². The Morgan fingerprint density at radius 1 is 0.541 bits per heavy atom. The quantitative estimate of drug-likeness (QED) is 0.229. The Labute approximate surface area is 212 Å². The van der Waals surface area contributed by atoms with E-state index in [9.17, 15) is 0 Å². The van der Waals surface area contributed by atoms with E-state index < -0.39 is 0 Å². The van der Waals surface area contributed by atoms with Crippen molar-refractivity contribution < 1.29 is 0 Å². The number of nitrogens with zero attached hydrogens (tertiary/aromatic N) is 4. The minimum Gasteiger partial charge on any atom is -0.309 e. The molecule has 0 unspecified atom stereocenters. The Kier molecular flexibility index (Phi) is 3.55. The molecule has 0 N–H and O–H groups in total. The normalized spacial score (nSPS) is 12.8. The van der Waals surface area contributed by atoms with E-state index in [2.05, 4.69) is 93.9 Å². The summed E-state index contributed by atoms with van der Waals surface area (Å²) in [6, 6.07) is 33.2. The van der Waals surface area contributed by atoms with Crippen LogP contribution >= 0.6 is 0 Å². The molecule has 0 saturated carbocycles. The predicted molar refractivity (Wildman–Crippen MR) is 151 cm³/mol. The molecule has 4 aromatic heterocycles. The molecule has 0 bridgehead atoms. The molecule has 9 rings (SSSR count). The fraction of sp³-hybridized carbons (Fsp3) is 0.0303. The topological polar surface area (TPSA) is 35.1 Å². The summed E-state index contributed by atoms with van der Waals surface area (Å²) in [5.74, 6) is 0. The van der Waals surface area contributed by atoms with Crippen LogP contribution in [0.5, 0.6) is 0 Å². The molecule has 0 amide bonds. The molecule has 0 aliphatic heterocycles. The van der Waals surface area contributed by atoms with E-state index in [-0.39, 0.29) is 0 Å². The van der Waals surface area contributed by atoms with E-state index in [0.29, 0.717) is 0 Å². The van der Waals surface area contributed by atoms with Crippen LogP contribution in [0.4, 0.5) is 0 Å². The number of aromatic nitrogens is 4. The molecule has 0 saturated heterocycles. The van der Waals surface area contributed by atoms with E-state index in [1.165, 1.54) is 49.4 Å². The van der Waals surface area contributed by atoms with Crippen molar-refractivity contribution in [2.24, 2.45) is 0 Å². The summed E-state index contributed by atoms with van der Waals surface area (Å²) < 4.78 is 4.53. The van der Waals surface area contributed by atoms with Gasteiger partial charge in [-0.25, -0.2) is 9.97 Å². The standard InChI is InChI=1S/C33H20N4/c1-2-8-22(9-3-1)37-30-18-25-21(15-20-7-4-5-10-23(20)25)16-27(30)28-17-29-26(19-31(28)37)24-11-6-12-34-32(24)36-14-13-35-33(29)36/h1-14,16-19H,15H2. The third-order valence-electron chi connectivity index (χ3n) is 8.02. The van der Waals surface area contributed by atoms with Gasteiger partial charge in [-0.2, -0.15) is 0 Å². The molecule has 0 radical (unpaired) electrons. The average molecular weight is 473 g/mol. The number of para-hydroxylation sites is 1. The highest BCUT2D eigenvalue weighted by Gasteiger charge is 2.23. The van der Waals surface area contributed by atoms with Crippen LogP contribution < -0.4 is 0 Å². The first-order valence-electron chi connectivity index (χ1n) is 12.6. The van der Waals surface area contributed by atoms with Crippen LogP contribution in [-0.4, -0.2) is 18.9 Å². The second-order valence-electron chi connectivity index (χ2n) is 9.94. The van der Waals surface area contributed by atoms with Gasteiger partial charge < -0.3 is 4.57 Å². The van der Waals surface area contributed by atoms with Gasteiger partial charge in [-0.05, 0) is 82.6 Å². The van der Waals surface area contributed by atoms with Gasteiger partial charge in [0.15, 0.2) is 0 Å². The first-order chi connectivity index (χ1) is 18.3. The Morgan fingerprint density at radius 3 is 2.27 bits per heavy atom. The molecule has 4 heterocycles. The van der Waals surface area contributed by atoms with Crippen molar-refractivity contribution in [3.05, 3.63) is 121 Å². The smallest absolute Gasteiger partial charge is 0.146 e. The third kappa shape index (κ3) is 2.47. The molecule has 0 atom stereocenters. The summed E-state index contributed by atoms with van der Waals surface area (Å²) in [6.45, 7) is 0. The van der Waals surface area contributed by atoms with Crippen molar-refractivity contribution in [1.82, 2.24) is 18.9 Å². The van der Waals surface area contributed by atoms with E-state index in [4.69, 9.17) is 9.97 Å². The largest absolute Gasteiger partial charge is 0.309 e. The minimum atomic E-state index is 0.930. The summed E-state index contributed by atoms with van der Waals surface area (Å²) >= 11 is 0. The lowest BCUT2D eigenvalue weighted by atomic mass is 10.0. The van der Waals surface area contributed by atoms with Crippen molar-refractivity contribution in [2.75, 3.05) is 0 Å². The van der Waals surface area contributed by atoms with Gasteiger partial charge in [0.2, 0.25) is 0 Å². The summed E-state index contributed by atoms with van der Waals surface area (Å²) in [5.41, 5.74) is 11.0. The Morgan fingerprint density at radius 2 is 1.32 bits per heavy atom. The molecule has 1 aliphatic rings. The monoisotopic (exact) mass is 472 g/mol. The highest BCUT2D eigenvalue weighted by atomic mass is 15.0. The maximum atomic E-state index is 4.75. The van der Waals surface area contributed by atoms with E-state index >= 15 is 0 Å². The van der Waals surface area contributed by atoms with Crippen molar-refractivity contribution >= 4 is 49.3 Å². The van der Waals surface area contributed by atoms with Crippen molar-refractivity contribution in [3.8, 4) is 16.8 Å². The van der Waals surface area contributed by atoms with E-state index in [0.717, 1.165) is 34.2 Å². The first kappa shape index (κ1) is 19.3. The highest BCUT2D eigenvalue weighted by Crippen LogP contribution is 2.43. The van der Waals surface area contributed by atoms with Gasteiger partial charge >= 0.3 is 0 Å². The van der Waals surface area contributed by atoms with Gasteiger partial charge in [0.1, 0.15) is 11.3 Å². The van der Waals surface area contributed by atoms with Gasteiger partial charge in [0, 0.05) is 45.8 Å². The van der Waals surface area contributed by atoms with Gasteiger partial charge in [-0.3, -0.25) is 4.40 Å². The zero-order valence-corrected chi connectivity index (χ0v) is 19.9. The maximum Gasteiger partial charge on any atom is 0.146 e. The van der Waals surface area contributed by atoms with Gasteiger partial charge in [-0.1, -0.05) is 42.5 Å². The van der Waals surface area contributed by atoms with Gasteiger partial charge in [0.25, 0.3) is 0 Å². The van der Waals surface area contributed by atoms with Crippen LogP contribution in [0, 0.1) is 0 Å². The molecule has 0 fully saturated rings. The van der Waals surface area contributed by atoms with Gasteiger partial charge in [-0.15, -0.1) is 0 Å². The third-order valence-corrected chi connectivity index (χ3v) is 8.02. The van der Waals surface area contributed by atoms with Crippen LogP contribution in [-0.2, 0) is 6.42 Å². The molecular weight excluding hydrogens is 452 g/mol. The second-order valence-corrected chi connectivity index (χ2v) is 9.94. The number of pyridine rings is 2. The Bertz CT molecular complexity index is 2220. The molecule has 1 aliphatic carbocycles. The predicted octanol–water partition coefficient (Wildman–Crippen LogP) is 7.70. The number of hydrogen-bond acceptors (Lipinski definition) is 2. The lowest BCUT2D eigenvalue weighted by molar-refractivity contribution is 1.18. The zero-order valence-electron chi connectivity index (χ0n) is 19.9. The van der Waals surface area contributed by atoms with Crippen LogP contribution in [0.2, 0.25) is 0 Å². The molecular formula is C33H20N4. The molecule has 37 heavy (non-hydrogen) atoms. The molecule has 8 aromatic rings. The lowest BCUT2D eigenvalue weighted by Gasteiger charge is -2.11. The summed E-state index contributed by atoms with van der Waals surface area (Å²) in [4.78, 5) is 9.46. The minimum absolute atomic E-state index is 0.930. The molecule has 4 nitrogen and oxygen atoms in total. The average Bonchev–Trinajstić information content (AvgIpc) is 3.66. The maximum absolute atomic E-state index is 4.75. The first-order valence-corrected chi connectivity index (χ1v) is 12.6. The Balaban J connectivity index is 1.50. The number of benzene rings is 4. The molecule has 4 aromatic carbocycles. The fourth-order valence-electron chi connectivity index (χ4n) is 6.43. The number of rotatable bonds is 1. The van der Waals surface area contributed by atoms with Crippen LogP contribution in [0.1, 0.15) is 11.1 Å². The van der Waals surface area contributed by atoms with Gasteiger partial charge in [0.05, 0.1) is 11.0 Å². The Hall–Kier alpha value is -4.96. The summed E-state index contributed by atoms with van der Waals surface area (Å²) in [5, 5.41) is 5.98. The zero-order chi connectivity index (χ0) is 24.1. The SMILES string of the molecule is c1ccc(-n2c3cc4c(cc3c3cc5c(cc32)c2cccnc2n2ccnc52)Cc2ccccc2-4)cc1. The van der Waals surface area contributed by atoms with Crippen molar-refractivity contribution in [1.29, 1.82) is 0 Å². The van der Waals surface area contributed by atoms with E-state index in [1.807, 2.05) is 24.7 Å². The number of hydrogen-bond donors (Lipinski definition) is 0. The highest BCUT2D eigenvalue weighted by molar-refractivity contribution is 6.20. The summed E-state index contributed by atoms with van der Waals surface area (Å²) in [7, 11) is 0. The molecule has 172 valence electrons. The lowest BCUT2D eigenvalue weighted by Crippen LogP contribution is -1.95. The summed E-state index contributed by atoms with van der Waals surface area (Å²) in [6.07, 6.45) is 6.70. The van der Waals surface area contributed by atoms with Crippen LogP contribution in [0.25, 0.3) is 66.1 Å². The second kappa shape index (κ2) is 6.83.